The molecular formula is C17H30IN5O2. The lowest BCUT2D eigenvalue weighted by Crippen LogP contribution is -2.48. The first-order valence-corrected chi connectivity index (χ1v) is 8.50. The van der Waals surface area contributed by atoms with Gasteiger partial charge in [0.2, 0.25) is 0 Å². The van der Waals surface area contributed by atoms with Crippen LogP contribution in [0.15, 0.2) is 23.3 Å². The Hall–Kier alpha value is -1.45. The average Bonchev–Trinajstić information content (AvgIpc) is 3.31. The van der Waals surface area contributed by atoms with E-state index in [-0.39, 0.29) is 36.1 Å². The number of nitrogens with one attached hydrogen (secondary N) is 2. The van der Waals surface area contributed by atoms with Gasteiger partial charge in [-0.2, -0.15) is 0 Å². The Morgan fingerprint density at radius 1 is 1.52 bits per heavy atom. The lowest BCUT2D eigenvalue weighted by Gasteiger charge is -2.25. The summed E-state index contributed by atoms with van der Waals surface area (Å²) in [6.07, 6.45) is 3.99. The molecule has 0 aliphatic heterocycles. The second kappa shape index (κ2) is 10.5. The van der Waals surface area contributed by atoms with E-state index in [1.807, 2.05) is 33.3 Å². The van der Waals surface area contributed by atoms with E-state index >= 15 is 0 Å². The first-order valence-electron chi connectivity index (χ1n) is 8.50. The van der Waals surface area contributed by atoms with Crippen LogP contribution < -0.4 is 10.6 Å². The molecule has 142 valence electrons. The standard InChI is InChI=1S/C17H29N5O2.HI/c1-5-24-17(23)20-15(13-8-9-13)11-19-16(18-2)22(4)12-14-7-6-10-21(14)3;/h6-7,10,13,15H,5,8-9,11-12H2,1-4H3,(H,18,19)(H,20,23);1H. The van der Waals surface area contributed by atoms with Crippen LogP contribution in [0.5, 0.6) is 0 Å². The van der Waals surface area contributed by atoms with E-state index in [4.69, 9.17) is 4.74 Å². The van der Waals surface area contributed by atoms with E-state index in [0.29, 0.717) is 19.1 Å². The molecule has 1 aromatic heterocycles. The van der Waals surface area contributed by atoms with Crippen molar-refractivity contribution >= 4 is 36.0 Å². The van der Waals surface area contributed by atoms with Crippen LogP contribution in [-0.2, 0) is 18.3 Å². The predicted molar refractivity (Wildman–Crippen MR) is 110 cm³/mol. The zero-order valence-electron chi connectivity index (χ0n) is 15.5. The average molecular weight is 463 g/mol. The maximum Gasteiger partial charge on any atom is 0.407 e. The maximum absolute atomic E-state index is 11.7. The summed E-state index contributed by atoms with van der Waals surface area (Å²) in [6, 6.07) is 4.20. The normalized spacial score (nSPS) is 15.1. The van der Waals surface area contributed by atoms with Crippen LogP contribution in [0, 0.1) is 5.92 Å². The minimum atomic E-state index is -0.344. The molecule has 1 saturated carbocycles. The molecule has 7 nitrogen and oxygen atoms in total. The van der Waals surface area contributed by atoms with Crippen LogP contribution in [-0.4, -0.2) is 54.8 Å². The van der Waals surface area contributed by atoms with E-state index in [0.717, 1.165) is 25.3 Å². The summed E-state index contributed by atoms with van der Waals surface area (Å²) >= 11 is 0. The second-order valence-electron chi connectivity index (χ2n) is 6.20. The number of carbonyl (C=O) groups excluding carboxylic acids is 1. The Bertz CT molecular complexity index is 571. The van der Waals surface area contributed by atoms with E-state index in [9.17, 15) is 4.79 Å². The van der Waals surface area contributed by atoms with Gasteiger partial charge in [-0.3, -0.25) is 4.99 Å². The van der Waals surface area contributed by atoms with Crippen LogP contribution in [0.4, 0.5) is 4.79 Å². The maximum atomic E-state index is 11.7. The molecule has 0 aromatic carbocycles. The zero-order chi connectivity index (χ0) is 17.5. The van der Waals surface area contributed by atoms with Crippen molar-refractivity contribution in [2.24, 2.45) is 18.0 Å². The van der Waals surface area contributed by atoms with Crippen LogP contribution in [0.2, 0.25) is 0 Å². The number of alkyl carbamates (subject to hydrolysis) is 1. The van der Waals surface area contributed by atoms with Crippen molar-refractivity contribution in [2.45, 2.75) is 32.4 Å². The van der Waals surface area contributed by atoms with E-state index in [2.05, 4.69) is 31.2 Å². The molecule has 1 aliphatic carbocycles. The Morgan fingerprint density at radius 2 is 2.24 bits per heavy atom. The van der Waals surface area contributed by atoms with E-state index < -0.39 is 0 Å². The quantitative estimate of drug-likeness (QED) is 0.370. The summed E-state index contributed by atoms with van der Waals surface area (Å²) < 4.78 is 7.09. The number of amides is 1. The molecule has 1 amide bonds. The fourth-order valence-corrected chi connectivity index (χ4v) is 2.72. The highest BCUT2D eigenvalue weighted by Crippen LogP contribution is 2.32. The third-order valence-corrected chi connectivity index (χ3v) is 4.27. The summed E-state index contributed by atoms with van der Waals surface area (Å²) in [6.45, 7) is 3.61. The number of ether oxygens (including phenoxy) is 1. The SMILES string of the molecule is CCOC(=O)NC(CNC(=NC)N(C)Cc1cccn1C)C1CC1.I. The monoisotopic (exact) mass is 463 g/mol. The van der Waals surface area contributed by atoms with Crippen molar-refractivity contribution in [2.75, 3.05) is 27.2 Å². The van der Waals surface area contributed by atoms with Gasteiger partial charge in [-0.05, 0) is 37.8 Å². The molecule has 1 atom stereocenters. The van der Waals surface area contributed by atoms with Gasteiger partial charge < -0.3 is 24.8 Å². The lowest BCUT2D eigenvalue weighted by atomic mass is 10.2. The molecule has 1 fully saturated rings. The fourth-order valence-electron chi connectivity index (χ4n) is 2.72. The van der Waals surface area contributed by atoms with Crippen molar-refractivity contribution in [3.8, 4) is 0 Å². The third kappa shape index (κ3) is 6.75. The van der Waals surface area contributed by atoms with Gasteiger partial charge in [-0.15, -0.1) is 24.0 Å². The number of hydrogen-bond acceptors (Lipinski definition) is 3. The van der Waals surface area contributed by atoms with Gasteiger partial charge in [-0.1, -0.05) is 0 Å². The number of rotatable bonds is 7. The molecule has 25 heavy (non-hydrogen) atoms. The topological polar surface area (TPSA) is 70.9 Å². The van der Waals surface area contributed by atoms with Gasteiger partial charge in [0, 0.05) is 39.6 Å². The molecular weight excluding hydrogens is 433 g/mol. The third-order valence-electron chi connectivity index (χ3n) is 4.27. The molecule has 2 N–H and O–H groups in total. The summed E-state index contributed by atoms with van der Waals surface area (Å²) in [5, 5.41) is 6.32. The Morgan fingerprint density at radius 3 is 2.76 bits per heavy atom. The smallest absolute Gasteiger partial charge is 0.407 e. The number of aliphatic imine (C=N–C) groups is 1. The fraction of sp³-hybridized carbons (Fsp3) is 0.647. The highest BCUT2D eigenvalue weighted by atomic mass is 127. The molecule has 0 bridgehead atoms. The molecule has 1 aliphatic rings. The summed E-state index contributed by atoms with van der Waals surface area (Å²) in [5.41, 5.74) is 1.21. The predicted octanol–water partition coefficient (Wildman–Crippen LogP) is 2.18. The number of hydrogen-bond donors (Lipinski definition) is 2. The van der Waals surface area contributed by atoms with E-state index in [1.54, 1.807) is 7.05 Å². The van der Waals surface area contributed by atoms with Crippen molar-refractivity contribution in [1.29, 1.82) is 0 Å². The van der Waals surface area contributed by atoms with Crippen LogP contribution in [0.3, 0.4) is 0 Å². The largest absolute Gasteiger partial charge is 0.450 e. The molecule has 2 rings (SSSR count). The molecule has 1 aromatic rings. The van der Waals surface area contributed by atoms with Crippen LogP contribution in [0.25, 0.3) is 0 Å². The van der Waals surface area contributed by atoms with Gasteiger partial charge in [0.1, 0.15) is 0 Å². The minimum absolute atomic E-state index is 0. The molecule has 0 saturated heterocycles. The van der Waals surface area contributed by atoms with Crippen LogP contribution in [0.1, 0.15) is 25.5 Å². The number of nitrogens with zero attached hydrogens (tertiary/aromatic N) is 3. The Labute approximate surface area is 167 Å². The van der Waals surface area contributed by atoms with Gasteiger partial charge in [0.25, 0.3) is 0 Å². The first kappa shape index (κ1) is 21.6. The highest BCUT2D eigenvalue weighted by Gasteiger charge is 2.32. The summed E-state index contributed by atoms with van der Waals surface area (Å²) in [5.74, 6) is 1.34. The molecule has 0 spiro atoms. The number of guanidine groups is 1. The van der Waals surface area contributed by atoms with Crippen molar-refractivity contribution in [1.82, 2.24) is 20.1 Å². The molecule has 1 unspecified atom stereocenters. The van der Waals surface area contributed by atoms with Crippen molar-refractivity contribution in [3.05, 3.63) is 24.0 Å². The Balaban J connectivity index is 0.00000312. The Kier molecular flexibility index (Phi) is 9.09. The highest BCUT2D eigenvalue weighted by molar-refractivity contribution is 14.0. The van der Waals surface area contributed by atoms with Crippen LogP contribution >= 0.6 is 24.0 Å². The van der Waals surface area contributed by atoms with Gasteiger partial charge in [0.15, 0.2) is 5.96 Å². The summed E-state index contributed by atoms with van der Waals surface area (Å²) in [7, 11) is 5.81. The van der Waals surface area contributed by atoms with E-state index in [1.165, 1.54) is 5.69 Å². The van der Waals surface area contributed by atoms with Gasteiger partial charge in [0.05, 0.1) is 19.2 Å². The second-order valence-corrected chi connectivity index (χ2v) is 6.20. The van der Waals surface area contributed by atoms with Gasteiger partial charge >= 0.3 is 6.09 Å². The molecule has 0 radical (unpaired) electrons. The first-order chi connectivity index (χ1) is 11.5. The molecule has 8 heteroatoms. The number of aryl methyl sites for hydroxylation is 1. The van der Waals surface area contributed by atoms with Gasteiger partial charge in [-0.25, -0.2) is 4.79 Å². The minimum Gasteiger partial charge on any atom is -0.450 e. The number of halogens is 1. The van der Waals surface area contributed by atoms with Crippen molar-refractivity contribution < 1.29 is 9.53 Å². The molecule has 1 heterocycles. The lowest BCUT2D eigenvalue weighted by molar-refractivity contribution is 0.146. The zero-order valence-corrected chi connectivity index (χ0v) is 17.8. The number of aromatic nitrogens is 1. The number of carbonyl (C=O) groups is 1. The summed E-state index contributed by atoms with van der Waals surface area (Å²) in [4.78, 5) is 18.1. The van der Waals surface area contributed by atoms with Crippen molar-refractivity contribution in [3.63, 3.8) is 0 Å².